The molecule has 0 N–H and O–H groups in total. The van der Waals surface area contributed by atoms with Gasteiger partial charge in [-0.15, -0.1) is 0 Å². The molecule has 2 atom stereocenters. The van der Waals surface area contributed by atoms with Gasteiger partial charge in [0, 0.05) is 0 Å². The highest BCUT2D eigenvalue weighted by Crippen LogP contribution is 2.35. The van der Waals surface area contributed by atoms with Crippen molar-refractivity contribution in [1.29, 1.82) is 0 Å². The summed E-state index contributed by atoms with van der Waals surface area (Å²) in [5.74, 6) is 1.12. The lowest BCUT2D eigenvalue weighted by Gasteiger charge is -2.44. The molecule has 0 aromatic carbocycles. The van der Waals surface area contributed by atoms with Crippen LogP contribution in [0.5, 0.6) is 0 Å². The molecule has 15 heavy (non-hydrogen) atoms. The minimum atomic E-state index is 0.00896. The Morgan fingerprint density at radius 1 is 0.800 bits per heavy atom. The fourth-order valence-electron chi connectivity index (χ4n) is 1.73. The molecule has 0 radical (unpaired) electrons. The summed E-state index contributed by atoms with van der Waals surface area (Å²) in [5, 5.41) is 0. The first-order valence-electron chi connectivity index (χ1n) is 6.42. The van der Waals surface area contributed by atoms with Crippen molar-refractivity contribution in [2.45, 2.75) is 79.4 Å². The topological polar surface area (TPSA) is 9.23 Å². The van der Waals surface area contributed by atoms with E-state index in [-0.39, 0.29) is 11.2 Å². The van der Waals surface area contributed by atoms with Gasteiger partial charge >= 0.3 is 0 Å². The number of ether oxygens (including phenoxy) is 1. The lowest BCUT2D eigenvalue weighted by atomic mass is 9.84. The van der Waals surface area contributed by atoms with Crippen molar-refractivity contribution in [2.24, 2.45) is 11.8 Å². The summed E-state index contributed by atoms with van der Waals surface area (Å²) in [4.78, 5) is 0. The SMILES string of the molecule is CCC(C)(OC(C)(CC)C(C)C)C(C)C. The van der Waals surface area contributed by atoms with Crippen molar-refractivity contribution in [3.63, 3.8) is 0 Å². The third-order valence-electron chi connectivity index (χ3n) is 4.31. The van der Waals surface area contributed by atoms with Crippen LogP contribution in [0.2, 0.25) is 0 Å². The fourth-order valence-corrected chi connectivity index (χ4v) is 1.73. The van der Waals surface area contributed by atoms with Gasteiger partial charge < -0.3 is 4.74 Å². The molecule has 92 valence electrons. The van der Waals surface area contributed by atoms with Crippen LogP contribution in [0.4, 0.5) is 0 Å². The van der Waals surface area contributed by atoms with Gasteiger partial charge in [-0.05, 0) is 38.5 Å². The third-order valence-corrected chi connectivity index (χ3v) is 4.31. The van der Waals surface area contributed by atoms with E-state index in [2.05, 4.69) is 55.4 Å². The van der Waals surface area contributed by atoms with Crippen molar-refractivity contribution in [2.75, 3.05) is 0 Å². The van der Waals surface area contributed by atoms with Crippen LogP contribution >= 0.6 is 0 Å². The van der Waals surface area contributed by atoms with Crippen molar-refractivity contribution < 1.29 is 4.74 Å². The van der Waals surface area contributed by atoms with E-state index in [0.29, 0.717) is 11.8 Å². The average molecular weight is 214 g/mol. The van der Waals surface area contributed by atoms with Gasteiger partial charge in [0.05, 0.1) is 11.2 Å². The minimum absolute atomic E-state index is 0.00896. The molecule has 0 aliphatic carbocycles. The summed E-state index contributed by atoms with van der Waals surface area (Å²) in [5.41, 5.74) is 0.0179. The van der Waals surface area contributed by atoms with Crippen molar-refractivity contribution in [3.8, 4) is 0 Å². The Kier molecular flexibility index (Phi) is 5.32. The van der Waals surface area contributed by atoms with Gasteiger partial charge in [-0.1, -0.05) is 41.5 Å². The van der Waals surface area contributed by atoms with Crippen LogP contribution in [-0.4, -0.2) is 11.2 Å². The Morgan fingerprint density at radius 3 is 1.20 bits per heavy atom. The molecular weight excluding hydrogens is 184 g/mol. The molecule has 0 heterocycles. The van der Waals surface area contributed by atoms with E-state index in [0.717, 1.165) is 12.8 Å². The van der Waals surface area contributed by atoms with Crippen LogP contribution in [0.25, 0.3) is 0 Å². The Bertz CT molecular complexity index is 166. The zero-order valence-corrected chi connectivity index (χ0v) is 12.0. The second-order valence-electron chi connectivity index (χ2n) is 5.74. The van der Waals surface area contributed by atoms with Crippen LogP contribution < -0.4 is 0 Å². The molecule has 1 nitrogen and oxygen atoms in total. The molecule has 2 unspecified atom stereocenters. The molecular formula is C14H30O. The van der Waals surface area contributed by atoms with E-state index in [9.17, 15) is 0 Å². The molecule has 0 saturated heterocycles. The monoisotopic (exact) mass is 214 g/mol. The van der Waals surface area contributed by atoms with Crippen LogP contribution in [0, 0.1) is 11.8 Å². The predicted octanol–water partition coefficient (Wildman–Crippen LogP) is 4.65. The first-order valence-corrected chi connectivity index (χ1v) is 6.42. The van der Waals surface area contributed by atoms with Gasteiger partial charge in [0.15, 0.2) is 0 Å². The molecule has 0 saturated carbocycles. The smallest absolute Gasteiger partial charge is 0.0682 e. The van der Waals surface area contributed by atoms with Crippen molar-refractivity contribution in [1.82, 2.24) is 0 Å². The maximum Gasteiger partial charge on any atom is 0.0682 e. The van der Waals surface area contributed by atoms with E-state index >= 15 is 0 Å². The number of hydrogen-bond acceptors (Lipinski definition) is 1. The summed E-state index contributed by atoms with van der Waals surface area (Å²) in [6, 6.07) is 0. The lowest BCUT2D eigenvalue weighted by molar-refractivity contribution is -0.182. The Morgan fingerprint density at radius 2 is 1.07 bits per heavy atom. The van der Waals surface area contributed by atoms with E-state index in [1.807, 2.05) is 0 Å². The number of hydrogen-bond donors (Lipinski definition) is 0. The molecule has 0 aliphatic rings. The molecule has 0 spiro atoms. The van der Waals surface area contributed by atoms with E-state index < -0.39 is 0 Å². The van der Waals surface area contributed by atoms with Crippen molar-refractivity contribution in [3.05, 3.63) is 0 Å². The molecule has 0 fully saturated rings. The summed E-state index contributed by atoms with van der Waals surface area (Å²) in [7, 11) is 0. The molecule has 0 aromatic heterocycles. The van der Waals surface area contributed by atoms with Crippen molar-refractivity contribution >= 4 is 0 Å². The lowest BCUT2D eigenvalue weighted by Crippen LogP contribution is -2.46. The first-order chi connectivity index (χ1) is 6.72. The Hall–Kier alpha value is -0.0400. The molecule has 0 aromatic rings. The zero-order valence-electron chi connectivity index (χ0n) is 12.0. The molecule has 1 heteroatoms. The van der Waals surface area contributed by atoms with Gasteiger partial charge in [0.1, 0.15) is 0 Å². The first kappa shape index (κ1) is 15.0. The van der Waals surface area contributed by atoms with Gasteiger partial charge in [-0.25, -0.2) is 0 Å². The van der Waals surface area contributed by atoms with Crippen LogP contribution in [0.3, 0.4) is 0 Å². The van der Waals surface area contributed by atoms with E-state index in [1.54, 1.807) is 0 Å². The minimum Gasteiger partial charge on any atom is -0.369 e. The predicted molar refractivity (Wildman–Crippen MR) is 68.2 cm³/mol. The summed E-state index contributed by atoms with van der Waals surface area (Å²) < 4.78 is 6.45. The van der Waals surface area contributed by atoms with E-state index in [1.165, 1.54) is 0 Å². The third kappa shape index (κ3) is 3.48. The maximum absolute atomic E-state index is 6.45. The number of rotatable bonds is 6. The molecule has 0 bridgehead atoms. The second kappa shape index (κ2) is 5.34. The standard InChI is InChI=1S/C14H30O/c1-9-13(7,11(3)4)15-14(8,10-2)12(5)6/h11-12H,9-10H2,1-8H3. The summed E-state index contributed by atoms with van der Waals surface area (Å²) in [6.45, 7) is 17.9. The highest BCUT2D eigenvalue weighted by molar-refractivity contribution is 4.86. The van der Waals surface area contributed by atoms with Gasteiger partial charge in [0.2, 0.25) is 0 Å². The second-order valence-corrected chi connectivity index (χ2v) is 5.74. The Balaban J connectivity index is 4.79. The van der Waals surface area contributed by atoms with Gasteiger partial charge in [-0.2, -0.15) is 0 Å². The molecule has 0 rings (SSSR count). The largest absolute Gasteiger partial charge is 0.369 e. The van der Waals surface area contributed by atoms with E-state index in [4.69, 9.17) is 4.74 Å². The maximum atomic E-state index is 6.45. The van der Waals surface area contributed by atoms with Gasteiger partial charge in [-0.3, -0.25) is 0 Å². The van der Waals surface area contributed by atoms with Crippen LogP contribution in [0.1, 0.15) is 68.2 Å². The van der Waals surface area contributed by atoms with Gasteiger partial charge in [0.25, 0.3) is 0 Å². The normalized spacial score (nSPS) is 20.4. The molecule has 0 aliphatic heterocycles. The summed E-state index contributed by atoms with van der Waals surface area (Å²) >= 11 is 0. The van der Waals surface area contributed by atoms with Crippen LogP contribution in [0.15, 0.2) is 0 Å². The quantitative estimate of drug-likeness (QED) is 0.625. The highest BCUT2D eigenvalue weighted by atomic mass is 16.5. The summed E-state index contributed by atoms with van der Waals surface area (Å²) in [6.07, 6.45) is 2.15. The Labute approximate surface area is 96.6 Å². The average Bonchev–Trinajstić information content (AvgIpc) is 2.16. The molecule has 0 amide bonds. The fraction of sp³-hybridized carbons (Fsp3) is 1.00. The highest BCUT2D eigenvalue weighted by Gasteiger charge is 2.37. The van der Waals surface area contributed by atoms with Crippen LogP contribution in [-0.2, 0) is 4.74 Å². The zero-order chi connectivity index (χ0) is 12.3.